The van der Waals surface area contributed by atoms with E-state index in [1.165, 1.54) is 0 Å². The summed E-state index contributed by atoms with van der Waals surface area (Å²) >= 11 is 0. The Balaban J connectivity index is 2.40. The average molecular weight is 197 g/mol. The quantitative estimate of drug-likeness (QED) is 0.541. The SMILES string of the molecule is C=C[C@H]1CNC(OC(=O)C(C)(C)C)C1. The zero-order valence-corrected chi connectivity index (χ0v) is 9.17. The van der Waals surface area contributed by atoms with E-state index in [-0.39, 0.29) is 12.2 Å². The molecule has 0 bridgehead atoms. The van der Waals surface area contributed by atoms with Crippen LogP contribution in [-0.4, -0.2) is 18.7 Å². The molecule has 14 heavy (non-hydrogen) atoms. The minimum absolute atomic E-state index is 0.135. The lowest BCUT2D eigenvalue weighted by Gasteiger charge is -2.20. The van der Waals surface area contributed by atoms with Crippen LogP contribution in [-0.2, 0) is 9.53 Å². The fourth-order valence-corrected chi connectivity index (χ4v) is 1.30. The van der Waals surface area contributed by atoms with Crippen LogP contribution in [0.25, 0.3) is 0 Å². The normalized spacial score (nSPS) is 27.4. The van der Waals surface area contributed by atoms with Crippen LogP contribution in [0, 0.1) is 11.3 Å². The molecule has 0 aromatic carbocycles. The second-order valence-electron chi connectivity index (χ2n) is 4.78. The first kappa shape index (κ1) is 11.2. The van der Waals surface area contributed by atoms with E-state index >= 15 is 0 Å². The van der Waals surface area contributed by atoms with Gasteiger partial charge in [-0.05, 0) is 26.7 Å². The first-order valence-corrected chi connectivity index (χ1v) is 5.00. The molecule has 1 heterocycles. The zero-order chi connectivity index (χ0) is 10.8. The molecule has 1 saturated heterocycles. The molecule has 0 aromatic rings. The van der Waals surface area contributed by atoms with E-state index in [0.29, 0.717) is 5.92 Å². The van der Waals surface area contributed by atoms with Gasteiger partial charge in [-0.15, -0.1) is 6.58 Å². The molecule has 0 aliphatic carbocycles. The summed E-state index contributed by atoms with van der Waals surface area (Å²) in [6, 6.07) is 0. The van der Waals surface area contributed by atoms with Crippen molar-refractivity contribution in [1.82, 2.24) is 5.32 Å². The summed E-state index contributed by atoms with van der Waals surface area (Å²) in [6.07, 6.45) is 2.60. The topological polar surface area (TPSA) is 38.3 Å². The van der Waals surface area contributed by atoms with Gasteiger partial charge in [0, 0.05) is 13.0 Å². The largest absolute Gasteiger partial charge is 0.446 e. The van der Waals surface area contributed by atoms with Crippen molar-refractivity contribution in [3.8, 4) is 0 Å². The summed E-state index contributed by atoms with van der Waals surface area (Å²) in [5.41, 5.74) is -0.423. The summed E-state index contributed by atoms with van der Waals surface area (Å²) in [5.74, 6) is 0.271. The summed E-state index contributed by atoms with van der Waals surface area (Å²) in [6.45, 7) is 10.1. The van der Waals surface area contributed by atoms with E-state index in [1.54, 1.807) is 0 Å². The molecule has 3 heteroatoms. The third kappa shape index (κ3) is 2.84. The van der Waals surface area contributed by atoms with Gasteiger partial charge < -0.3 is 4.74 Å². The van der Waals surface area contributed by atoms with Gasteiger partial charge in [-0.25, -0.2) is 0 Å². The number of ether oxygens (including phenoxy) is 1. The molecule has 0 amide bonds. The standard InChI is InChI=1S/C11H19NO2/c1-5-8-6-9(12-7-8)14-10(13)11(2,3)4/h5,8-9,12H,1,6-7H2,2-4H3/t8-,9?/m1/s1. The monoisotopic (exact) mass is 197 g/mol. The predicted molar refractivity (Wildman–Crippen MR) is 55.6 cm³/mol. The number of hydrogen-bond acceptors (Lipinski definition) is 3. The fraction of sp³-hybridized carbons (Fsp3) is 0.727. The predicted octanol–water partition coefficient (Wildman–Crippen LogP) is 1.70. The van der Waals surface area contributed by atoms with Crippen molar-refractivity contribution in [2.24, 2.45) is 11.3 Å². The van der Waals surface area contributed by atoms with Crippen molar-refractivity contribution < 1.29 is 9.53 Å². The lowest BCUT2D eigenvalue weighted by atomic mass is 9.97. The van der Waals surface area contributed by atoms with Crippen LogP contribution in [0.5, 0.6) is 0 Å². The van der Waals surface area contributed by atoms with Crippen LogP contribution < -0.4 is 5.32 Å². The second-order valence-corrected chi connectivity index (χ2v) is 4.78. The average Bonchev–Trinajstić information content (AvgIpc) is 2.50. The summed E-state index contributed by atoms with van der Waals surface area (Å²) in [7, 11) is 0. The lowest BCUT2D eigenvalue weighted by molar-refractivity contribution is -0.159. The Hall–Kier alpha value is -0.830. The van der Waals surface area contributed by atoms with Crippen molar-refractivity contribution in [2.75, 3.05) is 6.54 Å². The number of nitrogens with one attached hydrogen (secondary N) is 1. The number of carbonyl (C=O) groups is 1. The van der Waals surface area contributed by atoms with Crippen molar-refractivity contribution in [3.05, 3.63) is 12.7 Å². The summed E-state index contributed by atoms with van der Waals surface area (Å²) < 4.78 is 5.31. The van der Waals surface area contributed by atoms with Gasteiger partial charge in [-0.3, -0.25) is 10.1 Å². The molecular formula is C11H19NO2. The van der Waals surface area contributed by atoms with Crippen molar-refractivity contribution in [2.45, 2.75) is 33.4 Å². The van der Waals surface area contributed by atoms with Crippen LogP contribution in [0.15, 0.2) is 12.7 Å². The molecule has 0 spiro atoms. The molecule has 0 radical (unpaired) electrons. The Labute approximate surface area is 85.5 Å². The lowest BCUT2D eigenvalue weighted by Crippen LogP contribution is -2.33. The summed E-state index contributed by atoms with van der Waals surface area (Å²) in [5, 5.41) is 3.15. The van der Waals surface area contributed by atoms with E-state index < -0.39 is 5.41 Å². The van der Waals surface area contributed by atoms with Crippen LogP contribution in [0.3, 0.4) is 0 Å². The molecule has 1 unspecified atom stereocenters. The molecule has 1 aliphatic heterocycles. The number of esters is 1. The van der Waals surface area contributed by atoms with Crippen LogP contribution in [0.4, 0.5) is 0 Å². The molecule has 1 N–H and O–H groups in total. The van der Waals surface area contributed by atoms with Gasteiger partial charge in [0.15, 0.2) is 6.23 Å². The van der Waals surface area contributed by atoms with Crippen molar-refractivity contribution >= 4 is 5.97 Å². The van der Waals surface area contributed by atoms with Gasteiger partial charge in [0.05, 0.1) is 5.41 Å². The number of rotatable bonds is 2. The Morgan fingerprint density at radius 3 is 2.64 bits per heavy atom. The maximum atomic E-state index is 11.5. The summed E-state index contributed by atoms with van der Waals surface area (Å²) in [4.78, 5) is 11.5. The van der Waals surface area contributed by atoms with Gasteiger partial charge in [0.25, 0.3) is 0 Å². The zero-order valence-electron chi connectivity index (χ0n) is 9.17. The third-order valence-corrected chi connectivity index (χ3v) is 2.32. The van der Waals surface area contributed by atoms with E-state index in [4.69, 9.17) is 4.74 Å². The van der Waals surface area contributed by atoms with Crippen LogP contribution >= 0.6 is 0 Å². The van der Waals surface area contributed by atoms with E-state index in [2.05, 4.69) is 11.9 Å². The second kappa shape index (κ2) is 4.13. The van der Waals surface area contributed by atoms with Crippen LogP contribution in [0.1, 0.15) is 27.2 Å². The highest BCUT2D eigenvalue weighted by molar-refractivity contribution is 5.75. The Kier molecular flexibility index (Phi) is 3.32. The van der Waals surface area contributed by atoms with Crippen molar-refractivity contribution in [3.63, 3.8) is 0 Å². The van der Waals surface area contributed by atoms with Gasteiger partial charge >= 0.3 is 5.97 Å². The van der Waals surface area contributed by atoms with Crippen LogP contribution in [0.2, 0.25) is 0 Å². The molecule has 80 valence electrons. The van der Waals surface area contributed by atoms with Crippen molar-refractivity contribution in [1.29, 1.82) is 0 Å². The first-order valence-electron chi connectivity index (χ1n) is 5.00. The fourth-order valence-electron chi connectivity index (χ4n) is 1.30. The molecule has 0 saturated carbocycles. The van der Waals surface area contributed by atoms with Gasteiger partial charge in [0.2, 0.25) is 0 Å². The number of hydrogen-bond donors (Lipinski definition) is 1. The molecule has 1 aliphatic rings. The van der Waals surface area contributed by atoms with Gasteiger partial charge in [0.1, 0.15) is 0 Å². The third-order valence-electron chi connectivity index (χ3n) is 2.32. The highest BCUT2D eigenvalue weighted by atomic mass is 16.6. The highest BCUT2D eigenvalue weighted by Gasteiger charge is 2.30. The smallest absolute Gasteiger partial charge is 0.312 e. The van der Waals surface area contributed by atoms with E-state index in [0.717, 1.165) is 13.0 Å². The minimum atomic E-state index is -0.423. The molecule has 1 fully saturated rings. The Morgan fingerprint density at radius 2 is 2.21 bits per heavy atom. The van der Waals surface area contributed by atoms with Gasteiger partial charge in [-0.2, -0.15) is 0 Å². The Morgan fingerprint density at radius 1 is 1.57 bits per heavy atom. The first-order chi connectivity index (χ1) is 6.43. The molecule has 3 nitrogen and oxygen atoms in total. The molecule has 2 atom stereocenters. The van der Waals surface area contributed by atoms with Gasteiger partial charge in [-0.1, -0.05) is 6.08 Å². The maximum Gasteiger partial charge on any atom is 0.312 e. The minimum Gasteiger partial charge on any atom is -0.446 e. The highest BCUT2D eigenvalue weighted by Crippen LogP contribution is 2.20. The number of carbonyl (C=O) groups excluding carboxylic acids is 1. The Bertz CT molecular complexity index is 230. The van der Waals surface area contributed by atoms with E-state index in [1.807, 2.05) is 26.8 Å². The maximum absolute atomic E-state index is 11.5. The molecule has 0 aromatic heterocycles. The van der Waals surface area contributed by atoms with E-state index in [9.17, 15) is 4.79 Å². The molecular weight excluding hydrogens is 178 g/mol. The molecule has 1 rings (SSSR count).